The predicted molar refractivity (Wildman–Crippen MR) is 111 cm³/mol. The molecular formula is C22H24ClFN2O. The monoisotopic (exact) mass is 386 g/mol. The summed E-state index contributed by atoms with van der Waals surface area (Å²) >= 11 is 0. The summed E-state index contributed by atoms with van der Waals surface area (Å²) in [6.07, 6.45) is -0.0744. The second-order valence-electron chi connectivity index (χ2n) is 6.69. The Morgan fingerprint density at radius 3 is 2.63 bits per heavy atom. The number of halogens is 2. The number of nitrogens with zero attached hydrogens (tertiary/aromatic N) is 1. The number of anilines is 1. The maximum Gasteiger partial charge on any atom is 0.146 e. The molecule has 4 rings (SSSR count). The Bertz CT molecular complexity index is 899. The van der Waals surface area contributed by atoms with Crippen molar-refractivity contribution >= 4 is 28.9 Å². The van der Waals surface area contributed by atoms with Gasteiger partial charge in [-0.15, -0.1) is 12.4 Å². The number of hydrogen-bond donors (Lipinski definition) is 1. The number of benzene rings is 3. The quantitative estimate of drug-likeness (QED) is 0.689. The number of fused-ring (bicyclic) bond motifs is 1. The van der Waals surface area contributed by atoms with Crippen LogP contribution in [0.2, 0.25) is 0 Å². The summed E-state index contributed by atoms with van der Waals surface area (Å²) in [5, 5.41) is 6.10. The van der Waals surface area contributed by atoms with Crippen LogP contribution in [0.4, 0.5) is 10.1 Å². The lowest BCUT2D eigenvalue weighted by molar-refractivity contribution is 0.0801. The fourth-order valence-corrected chi connectivity index (χ4v) is 3.72. The van der Waals surface area contributed by atoms with Gasteiger partial charge < -0.3 is 9.64 Å². The standard InChI is InChI=1S/C22H23FN2O.ClH/c1-16(18-10-6-8-17-7-2-3-9-19(17)18)24-22-15-26-14-13-25(22)21-12-5-4-11-20(21)23;/h2-12,16,22,24H,13-15H2,1H3;1H/t16-,22?;/m1./s1. The van der Waals surface area contributed by atoms with Crippen LogP contribution in [0.5, 0.6) is 0 Å². The summed E-state index contributed by atoms with van der Waals surface area (Å²) in [4.78, 5) is 2.07. The van der Waals surface area contributed by atoms with E-state index in [-0.39, 0.29) is 30.4 Å². The second-order valence-corrected chi connectivity index (χ2v) is 6.69. The van der Waals surface area contributed by atoms with Crippen LogP contribution < -0.4 is 10.2 Å². The fourth-order valence-electron chi connectivity index (χ4n) is 3.72. The van der Waals surface area contributed by atoms with E-state index in [2.05, 4.69) is 59.6 Å². The third-order valence-electron chi connectivity index (χ3n) is 5.02. The first kappa shape index (κ1) is 19.6. The first-order valence-electron chi connectivity index (χ1n) is 9.06. The Balaban J connectivity index is 0.00000210. The van der Waals surface area contributed by atoms with Gasteiger partial charge in [0.25, 0.3) is 0 Å². The van der Waals surface area contributed by atoms with Gasteiger partial charge in [-0.05, 0) is 35.4 Å². The van der Waals surface area contributed by atoms with E-state index in [1.54, 1.807) is 6.07 Å². The first-order chi connectivity index (χ1) is 12.7. The zero-order valence-electron chi connectivity index (χ0n) is 15.3. The molecule has 3 aromatic carbocycles. The molecule has 27 heavy (non-hydrogen) atoms. The molecule has 5 heteroatoms. The van der Waals surface area contributed by atoms with Gasteiger partial charge in [0.05, 0.1) is 18.9 Å². The van der Waals surface area contributed by atoms with E-state index in [1.807, 2.05) is 12.1 Å². The molecule has 1 heterocycles. The molecule has 0 spiro atoms. The van der Waals surface area contributed by atoms with Crippen LogP contribution in [-0.2, 0) is 4.74 Å². The normalized spacial score (nSPS) is 18.1. The Kier molecular flexibility index (Phi) is 6.32. The van der Waals surface area contributed by atoms with E-state index >= 15 is 0 Å². The minimum absolute atomic E-state index is 0. The molecule has 1 saturated heterocycles. The van der Waals surface area contributed by atoms with Crippen molar-refractivity contribution in [2.45, 2.75) is 19.1 Å². The molecular weight excluding hydrogens is 363 g/mol. The van der Waals surface area contributed by atoms with Crippen LogP contribution >= 0.6 is 12.4 Å². The van der Waals surface area contributed by atoms with Crippen LogP contribution in [0.15, 0.2) is 66.7 Å². The predicted octanol–water partition coefficient (Wildman–Crippen LogP) is 4.91. The maximum atomic E-state index is 14.3. The Hall–Kier alpha value is -2.14. The summed E-state index contributed by atoms with van der Waals surface area (Å²) in [6.45, 7) is 3.95. The van der Waals surface area contributed by atoms with Crippen LogP contribution in [0.3, 0.4) is 0 Å². The van der Waals surface area contributed by atoms with Crippen molar-refractivity contribution in [3.05, 3.63) is 78.1 Å². The van der Waals surface area contributed by atoms with Gasteiger partial charge in [0.2, 0.25) is 0 Å². The summed E-state index contributed by atoms with van der Waals surface area (Å²) in [5.41, 5.74) is 1.86. The lowest BCUT2D eigenvalue weighted by atomic mass is 9.99. The molecule has 0 aromatic heterocycles. The molecule has 0 amide bonds. The number of para-hydroxylation sites is 1. The molecule has 1 aliphatic heterocycles. The van der Waals surface area contributed by atoms with Gasteiger partial charge in [-0.1, -0.05) is 54.6 Å². The largest absolute Gasteiger partial charge is 0.376 e. The van der Waals surface area contributed by atoms with Crippen molar-refractivity contribution in [2.75, 3.05) is 24.7 Å². The number of nitrogens with one attached hydrogen (secondary N) is 1. The first-order valence-corrected chi connectivity index (χ1v) is 9.06. The summed E-state index contributed by atoms with van der Waals surface area (Å²) in [5.74, 6) is -0.195. The average Bonchev–Trinajstić information content (AvgIpc) is 2.68. The Labute approximate surface area is 165 Å². The highest BCUT2D eigenvalue weighted by atomic mass is 35.5. The van der Waals surface area contributed by atoms with E-state index in [4.69, 9.17) is 4.74 Å². The molecule has 0 bridgehead atoms. The average molecular weight is 387 g/mol. The zero-order valence-corrected chi connectivity index (χ0v) is 16.1. The summed E-state index contributed by atoms with van der Waals surface area (Å²) < 4.78 is 20.0. The SMILES string of the molecule is C[C@@H](NC1COCCN1c1ccccc1F)c1cccc2ccccc12.Cl. The molecule has 1 unspecified atom stereocenters. The lowest BCUT2D eigenvalue weighted by Crippen LogP contribution is -2.54. The van der Waals surface area contributed by atoms with Crippen molar-refractivity contribution in [1.82, 2.24) is 5.32 Å². The molecule has 0 radical (unpaired) electrons. The van der Waals surface area contributed by atoms with E-state index < -0.39 is 0 Å². The third-order valence-corrected chi connectivity index (χ3v) is 5.02. The van der Waals surface area contributed by atoms with Crippen molar-refractivity contribution in [1.29, 1.82) is 0 Å². The number of rotatable bonds is 4. The molecule has 0 saturated carbocycles. The third kappa shape index (κ3) is 4.08. The van der Waals surface area contributed by atoms with Gasteiger partial charge in [0.15, 0.2) is 0 Å². The highest BCUT2D eigenvalue weighted by Gasteiger charge is 2.26. The van der Waals surface area contributed by atoms with E-state index in [9.17, 15) is 4.39 Å². The summed E-state index contributed by atoms with van der Waals surface area (Å²) in [6, 6.07) is 21.8. The van der Waals surface area contributed by atoms with Gasteiger partial charge in [-0.25, -0.2) is 4.39 Å². The summed E-state index contributed by atoms with van der Waals surface area (Å²) in [7, 11) is 0. The van der Waals surface area contributed by atoms with Gasteiger partial charge in [0.1, 0.15) is 12.0 Å². The van der Waals surface area contributed by atoms with Crippen molar-refractivity contribution in [3.8, 4) is 0 Å². The number of ether oxygens (including phenoxy) is 1. The van der Waals surface area contributed by atoms with Crippen LogP contribution in [0, 0.1) is 5.82 Å². The number of hydrogen-bond acceptors (Lipinski definition) is 3. The lowest BCUT2D eigenvalue weighted by Gasteiger charge is -2.39. The van der Waals surface area contributed by atoms with Crippen molar-refractivity contribution in [3.63, 3.8) is 0 Å². The van der Waals surface area contributed by atoms with E-state index in [0.717, 1.165) is 0 Å². The smallest absolute Gasteiger partial charge is 0.146 e. The van der Waals surface area contributed by atoms with Gasteiger partial charge in [0, 0.05) is 12.6 Å². The molecule has 2 atom stereocenters. The molecule has 1 N–H and O–H groups in total. The highest BCUT2D eigenvalue weighted by molar-refractivity contribution is 5.86. The van der Waals surface area contributed by atoms with Crippen molar-refractivity contribution < 1.29 is 9.13 Å². The molecule has 1 aliphatic rings. The van der Waals surface area contributed by atoms with Crippen molar-refractivity contribution in [2.24, 2.45) is 0 Å². The Morgan fingerprint density at radius 1 is 1.04 bits per heavy atom. The minimum atomic E-state index is -0.195. The molecule has 0 aliphatic carbocycles. The van der Waals surface area contributed by atoms with Crippen LogP contribution in [0.25, 0.3) is 10.8 Å². The molecule has 3 nitrogen and oxygen atoms in total. The topological polar surface area (TPSA) is 24.5 Å². The van der Waals surface area contributed by atoms with Gasteiger partial charge in [-0.2, -0.15) is 0 Å². The molecule has 1 fully saturated rings. The maximum absolute atomic E-state index is 14.3. The molecule has 142 valence electrons. The van der Waals surface area contributed by atoms with E-state index in [0.29, 0.717) is 25.4 Å². The van der Waals surface area contributed by atoms with E-state index in [1.165, 1.54) is 22.4 Å². The van der Waals surface area contributed by atoms with Gasteiger partial charge >= 0.3 is 0 Å². The van der Waals surface area contributed by atoms with Crippen LogP contribution in [0.1, 0.15) is 18.5 Å². The Morgan fingerprint density at radius 2 is 1.78 bits per heavy atom. The van der Waals surface area contributed by atoms with Crippen LogP contribution in [-0.4, -0.2) is 25.9 Å². The minimum Gasteiger partial charge on any atom is -0.376 e. The molecule has 3 aromatic rings. The van der Waals surface area contributed by atoms with Gasteiger partial charge in [-0.3, -0.25) is 5.32 Å². The second kappa shape index (κ2) is 8.70. The fraction of sp³-hybridized carbons (Fsp3) is 0.273. The number of morpholine rings is 1. The zero-order chi connectivity index (χ0) is 17.9. The highest BCUT2D eigenvalue weighted by Crippen LogP contribution is 2.27.